The van der Waals surface area contributed by atoms with Crippen LogP contribution in [0.15, 0.2) is 41.5 Å². The molecule has 1 aromatic rings. The van der Waals surface area contributed by atoms with Gasteiger partial charge in [0, 0.05) is 12.8 Å². The molecule has 180 valence electrons. The van der Waals surface area contributed by atoms with Gasteiger partial charge in [-0.2, -0.15) is 0 Å². The predicted octanol–water partition coefficient (Wildman–Crippen LogP) is 4.21. The lowest BCUT2D eigenvalue weighted by atomic mass is 9.78. The lowest BCUT2D eigenvalue weighted by Crippen LogP contribution is -2.43. The van der Waals surface area contributed by atoms with E-state index in [1.807, 2.05) is 0 Å². The number of nitrogens with one attached hydrogen (secondary N) is 1. The van der Waals surface area contributed by atoms with Crippen LogP contribution < -0.4 is 10.1 Å². The molecule has 0 radical (unpaired) electrons. The number of carbonyl (C=O) groups is 3. The van der Waals surface area contributed by atoms with Crippen LogP contribution in [0, 0.1) is 5.92 Å². The summed E-state index contributed by atoms with van der Waals surface area (Å²) in [5, 5.41) is 2.88. The highest BCUT2D eigenvalue weighted by Gasteiger charge is 2.40. The van der Waals surface area contributed by atoms with E-state index in [4.69, 9.17) is 14.2 Å². The van der Waals surface area contributed by atoms with Crippen molar-refractivity contribution in [3.63, 3.8) is 0 Å². The first-order chi connectivity index (χ1) is 15.1. The zero-order valence-electron chi connectivity index (χ0n) is 21.0. The molecule has 0 saturated heterocycles. The van der Waals surface area contributed by atoms with Crippen molar-refractivity contribution in [2.24, 2.45) is 5.92 Å². The first kappa shape index (κ1) is 26.2. The van der Waals surface area contributed by atoms with Gasteiger partial charge in [-0.3, -0.25) is 4.79 Å². The fraction of sp³-hybridized carbons (Fsp3) is 0.500. The number of ether oxygens (including phenoxy) is 3. The van der Waals surface area contributed by atoms with Gasteiger partial charge in [-0.15, -0.1) is 0 Å². The van der Waals surface area contributed by atoms with E-state index in [0.29, 0.717) is 16.9 Å². The molecular formula is C26H35NO6. The summed E-state index contributed by atoms with van der Waals surface area (Å²) in [7, 11) is 1.57. The predicted molar refractivity (Wildman–Crippen MR) is 126 cm³/mol. The second kappa shape index (κ2) is 9.81. The number of hydrogen-bond acceptors (Lipinski definition) is 6. The van der Waals surface area contributed by atoms with Gasteiger partial charge in [0.25, 0.3) is 0 Å². The van der Waals surface area contributed by atoms with Gasteiger partial charge in [0.1, 0.15) is 17.0 Å². The van der Waals surface area contributed by atoms with Crippen molar-refractivity contribution in [1.29, 1.82) is 0 Å². The van der Waals surface area contributed by atoms with Crippen molar-refractivity contribution in [3.05, 3.63) is 47.1 Å². The van der Waals surface area contributed by atoms with E-state index in [0.717, 1.165) is 0 Å². The largest absolute Gasteiger partial charge is 0.497 e. The molecule has 0 fully saturated rings. The Morgan fingerprint density at radius 2 is 1.39 bits per heavy atom. The molecule has 7 heteroatoms. The number of esters is 2. The van der Waals surface area contributed by atoms with Crippen LogP contribution in [0.4, 0.5) is 0 Å². The molecule has 7 nitrogen and oxygen atoms in total. The lowest BCUT2D eigenvalue weighted by molar-refractivity contribution is -0.153. The molecule has 1 amide bonds. The highest BCUT2D eigenvalue weighted by atomic mass is 16.6. The minimum absolute atomic E-state index is 0.137. The van der Waals surface area contributed by atoms with E-state index in [1.165, 1.54) is 6.92 Å². The smallest absolute Gasteiger partial charge is 0.339 e. The van der Waals surface area contributed by atoms with Crippen LogP contribution in [-0.4, -0.2) is 42.2 Å². The van der Waals surface area contributed by atoms with Crippen LogP contribution in [0.2, 0.25) is 0 Å². The topological polar surface area (TPSA) is 90.9 Å². The first-order valence-electron chi connectivity index (χ1n) is 11.0. The molecule has 2 rings (SSSR count). The second-order valence-corrected chi connectivity index (χ2v) is 10.1. The highest BCUT2D eigenvalue weighted by Crippen LogP contribution is 2.39. The number of methoxy groups -OCH3 is 1. The summed E-state index contributed by atoms with van der Waals surface area (Å²) >= 11 is 0. The highest BCUT2D eigenvalue weighted by molar-refractivity contribution is 6.14. The molecule has 1 N–H and O–H groups in total. The average Bonchev–Trinajstić information content (AvgIpc) is 2.66. The van der Waals surface area contributed by atoms with E-state index in [9.17, 15) is 14.4 Å². The fourth-order valence-electron chi connectivity index (χ4n) is 3.54. The molecule has 1 aromatic carbocycles. The molecule has 0 heterocycles. The van der Waals surface area contributed by atoms with Gasteiger partial charge in [0.05, 0.1) is 24.3 Å². The Kier molecular flexibility index (Phi) is 7.78. The maximum atomic E-state index is 13.4. The van der Waals surface area contributed by atoms with Crippen molar-refractivity contribution < 1.29 is 28.6 Å². The summed E-state index contributed by atoms with van der Waals surface area (Å²) in [5.41, 5.74) is -0.0612. The summed E-state index contributed by atoms with van der Waals surface area (Å²) in [6.07, 6.45) is 1.79. The van der Waals surface area contributed by atoms with E-state index in [2.05, 4.69) is 5.32 Å². The van der Waals surface area contributed by atoms with Gasteiger partial charge < -0.3 is 19.5 Å². The Hall–Kier alpha value is -3.09. The van der Waals surface area contributed by atoms with E-state index < -0.39 is 35.1 Å². The average molecular weight is 458 g/mol. The summed E-state index contributed by atoms with van der Waals surface area (Å²) < 4.78 is 16.6. The van der Waals surface area contributed by atoms with Gasteiger partial charge in [-0.1, -0.05) is 25.1 Å². The van der Waals surface area contributed by atoms with Crippen LogP contribution in [-0.2, 0) is 23.9 Å². The van der Waals surface area contributed by atoms with Gasteiger partial charge in [-0.25, -0.2) is 9.59 Å². The first-order valence-corrected chi connectivity index (χ1v) is 11.0. The zero-order valence-corrected chi connectivity index (χ0v) is 21.0. The maximum Gasteiger partial charge on any atom is 0.339 e. The zero-order chi connectivity index (χ0) is 25.1. The Morgan fingerprint density at radius 1 is 0.879 bits per heavy atom. The van der Waals surface area contributed by atoms with Crippen LogP contribution in [0.5, 0.6) is 5.75 Å². The monoisotopic (exact) mass is 457 g/mol. The molecule has 0 saturated carbocycles. The van der Waals surface area contributed by atoms with Crippen molar-refractivity contribution in [1.82, 2.24) is 5.32 Å². The van der Waals surface area contributed by atoms with Gasteiger partial charge in [0.2, 0.25) is 5.91 Å². The Labute approximate surface area is 196 Å². The third-order valence-electron chi connectivity index (χ3n) is 4.87. The van der Waals surface area contributed by atoms with Crippen molar-refractivity contribution in [2.75, 3.05) is 7.11 Å². The minimum atomic E-state index is -0.772. The van der Waals surface area contributed by atoms with Crippen molar-refractivity contribution in [3.8, 4) is 5.75 Å². The number of amides is 1. The SMILES string of the molecule is COc1ccc(C2=C[C@H](NC(C)=O)[C@H](C)C(C(=O)OC(C)(C)C)=C2C(=O)OC(C)(C)C)cc1. The van der Waals surface area contributed by atoms with Crippen molar-refractivity contribution >= 4 is 23.4 Å². The van der Waals surface area contributed by atoms with E-state index in [-0.39, 0.29) is 17.1 Å². The summed E-state index contributed by atoms with van der Waals surface area (Å²) in [4.78, 5) is 38.7. The van der Waals surface area contributed by atoms with E-state index in [1.54, 1.807) is 85.9 Å². The molecule has 2 atom stereocenters. The molecule has 0 bridgehead atoms. The number of hydrogen-bond donors (Lipinski definition) is 1. The van der Waals surface area contributed by atoms with Crippen LogP contribution in [0.3, 0.4) is 0 Å². The molecule has 0 aliphatic heterocycles. The van der Waals surface area contributed by atoms with Gasteiger partial charge in [0.15, 0.2) is 0 Å². The maximum absolute atomic E-state index is 13.4. The number of rotatable bonds is 5. The molecule has 1 aliphatic carbocycles. The minimum Gasteiger partial charge on any atom is -0.497 e. The molecule has 0 aromatic heterocycles. The molecule has 0 spiro atoms. The Morgan fingerprint density at radius 3 is 1.85 bits per heavy atom. The third kappa shape index (κ3) is 6.94. The number of benzene rings is 1. The van der Waals surface area contributed by atoms with E-state index >= 15 is 0 Å². The molecular weight excluding hydrogens is 422 g/mol. The fourth-order valence-corrected chi connectivity index (χ4v) is 3.54. The van der Waals surface area contributed by atoms with Crippen LogP contribution in [0.1, 0.15) is 61.0 Å². The second-order valence-electron chi connectivity index (χ2n) is 10.1. The van der Waals surface area contributed by atoms with Crippen LogP contribution in [0.25, 0.3) is 5.57 Å². The third-order valence-corrected chi connectivity index (χ3v) is 4.87. The quantitative estimate of drug-likeness (QED) is 0.666. The summed E-state index contributed by atoms with van der Waals surface area (Å²) in [6.45, 7) is 13.8. The van der Waals surface area contributed by atoms with Gasteiger partial charge >= 0.3 is 11.9 Å². The van der Waals surface area contributed by atoms with Crippen LogP contribution >= 0.6 is 0 Å². The standard InChI is InChI=1S/C26H35NO6/c1-15-20(27-16(2)28)14-19(17-10-12-18(31-9)13-11-17)22(24(30)33-26(6,7)8)21(15)23(29)32-25(3,4)5/h10-15,20H,1-9H3,(H,27,28)/t15-,20-/m0/s1. The molecule has 1 aliphatic rings. The summed E-state index contributed by atoms with van der Waals surface area (Å²) in [6, 6.07) is 6.60. The number of carbonyl (C=O) groups excluding carboxylic acids is 3. The summed E-state index contributed by atoms with van der Waals surface area (Å²) in [5.74, 6) is -1.37. The van der Waals surface area contributed by atoms with Crippen molar-refractivity contribution in [2.45, 2.75) is 72.6 Å². The molecule has 33 heavy (non-hydrogen) atoms. The molecule has 0 unspecified atom stereocenters. The van der Waals surface area contributed by atoms with Gasteiger partial charge in [-0.05, 0) is 64.8 Å². The Balaban J connectivity index is 2.77. The Bertz CT molecular complexity index is 974. The lowest BCUT2D eigenvalue weighted by Gasteiger charge is -2.33. The normalized spacial score (nSPS) is 18.9.